The molecule has 0 fully saturated rings. The monoisotopic (exact) mass is 246 g/mol. The van der Waals surface area contributed by atoms with Gasteiger partial charge in [-0.1, -0.05) is 6.58 Å². The van der Waals surface area contributed by atoms with Crippen molar-refractivity contribution in [2.75, 3.05) is 19.5 Å². The third kappa shape index (κ3) is 3.01. The van der Waals surface area contributed by atoms with Gasteiger partial charge < -0.3 is 14.8 Å². The molecule has 1 N–H and O–H groups in total. The van der Waals surface area contributed by atoms with Crippen molar-refractivity contribution in [3.05, 3.63) is 30.4 Å². The average Bonchev–Trinajstić information content (AvgIpc) is 2.40. The van der Waals surface area contributed by atoms with Gasteiger partial charge in [0.25, 0.3) is 0 Å². The second-order valence-corrected chi connectivity index (χ2v) is 3.39. The summed E-state index contributed by atoms with van der Waals surface area (Å²) in [6, 6.07) is 5.32. The van der Waals surface area contributed by atoms with Gasteiger partial charge in [0.1, 0.15) is 0 Å². The van der Waals surface area contributed by atoms with E-state index in [4.69, 9.17) is 14.7 Å². The van der Waals surface area contributed by atoms with Crippen LogP contribution >= 0.6 is 0 Å². The van der Waals surface area contributed by atoms with Crippen LogP contribution in [-0.4, -0.2) is 20.1 Å². The fourth-order valence-electron chi connectivity index (χ4n) is 1.45. The van der Waals surface area contributed by atoms with E-state index in [1.807, 2.05) is 6.07 Å². The van der Waals surface area contributed by atoms with E-state index >= 15 is 0 Å². The molecule has 0 bridgehead atoms. The molecule has 5 nitrogen and oxygen atoms in total. The Kier molecular flexibility index (Phi) is 4.76. The zero-order valence-electron chi connectivity index (χ0n) is 10.3. The molecule has 1 aromatic carbocycles. The van der Waals surface area contributed by atoms with E-state index in [9.17, 15) is 4.79 Å². The lowest BCUT2D eigenvalue weighted by Crippen LogP contribution is -2.10. The molecule has 0 unspecified atom stereocenters. The smallest absolute Gasteiger partial charge is 0.247 e. The maximum atomic E-state index is 11.3. The molecule has 0 aliphatic carbocycles. The van der Waals surface area contributed by atoms with Gasteiger partial charge in [-0.2, -0.15) is 5.26 Å². The third-order valence-electron chi connectivity index (χ3n) is 2.32. The molecule has 0 aromatic heterocycles. The van der Waals surface area contributed by atoms with Crippen LogP contribution in [0.3, 0.4) is 0 Å². The Bertz CT molecular complexity index is 504. The van der Waals surface area contributed by atoms with E-state index in [1.165, 1.54) is 14.2 Å². The highest BCUT2D eigenvalue weighted by Crippen LogP contribution is 2.33. The van der Waals surface area contributed by atoms with Crippen molar-refractivity contribution in [1.82, 2.24) is 0 Å². The van der Waals surface area contributed by atoms with Crippen molar-refractivity contribution in [2.24, 2.45) is 0 Å². The molecule has 0 spiro atoms. The van der Waals surface area contributed by atoms with Gasteiger partial charge in [0.15, 0.2) is 11.5 Å². The molecule has 0 atom stereocenters. The third-order valence-corrected chi connectivity index (χ3v) is 2.32. The van der Waals surface area contributed by atoms with Gasteiger partial charge >= 0.3 is 0 Å². The molecule has 18 heavy (non-hydrogen) atoms. The molecule has 1 amide bonds. The van der Waals surface area contributed by atoms with E-state index in [0.717, 1.165) is 6.08 Å². The summed E-state index contributed by atoms with van der Waals surface area (Å²) in [5.41, 5.74) is 1.17. The fourth-order valence-corrected chi connectivity index (χ4v) is 1.45. The first-order valence-corrected chi connectivity index (χ1v) is 5.21. The molecular formula is C13H14N2O3. The predicted octanol–water partition coefficient (Wildman–Crippen LogP) is 1.89. The van der Waals surface area contributed by atoms with Gasteiger partial charge in [-0.3, -0.25) is 4.79 Å². The lowest BCUT2D eigenvalue weighted by molar-refractivity contribution is -0.111. The number of rotatable bonds is 5. The summed E-state index contributed by atoms with van der Waals surface area (Å²) >= 11 is 0. The number of ether oxygens (including phenoxy) is 2. The fraction of sp³-hybridized carbons (Fsp3) is 0.231. The average molecular weight is 246 g/mol. The second kappa shape index (κ2) is 6.30. The summed E-state index contributed by atoms with van der Waals surface area (Å²) in [5, 5.41) is 11.4. The lowest BCUT2D eigenvalue weighted by Gasteiger charge is -2.13. The number of methoxy groups -OCH3 is 2. The summed E-state index contributed by atoms with van der Waals surface area (Å²) < 4.78 is 10.3. The van der Waals surface area contributed by atoms with Crippen molar-refractivity contribution in [3.63, 3.8) is 0 Å². The Morgan fingerprint density at radius 3 is 2.56 bits per heavy atom. The number of benzene rings is 1. The van der Waals surface area contributed by atoms with Crippen molar-refractivity contribution >= 4 is 11.6 Å². The van der Waals surface area contributed by atoms with Crippen LogP contribution in [-0.2, 0) is 11.2 Å². The maximum absolute atomic E-state index is 11.3. The molecule has 0 heterocycles. The standard InChI is InChI=1S/C13H14N2O3/c1-4-13(16)15-10-8-12(18-3)11(17-2)7-9(10)5-6-14/h4,7-8H,1,5H2,2-3H3,(H,15,16). The second-order valence-electron chi connectivity index (χ2n) is 3.39. The number of anilines is 1. The number of carbonyl (C=O) groups is 1. The zero-order chi connectivity index (χ0) is 13.5. The zero-order valence-corrected chi connectivity index (χ0v) is 10.3. The molecule has 0 saturated carbocycles. The molecule has 5 heteroatoms. The van der Waals surface area contributed by atoms with Crippen LogP contribution in [0.2, 0.25) is 0 Å². The summed E-state index contributed by atoms with van der Waals surface area (Å²) in [4.78, 5) is 11.3. The van der Waals surface area contributed by atoms with Crippen LogP contribution in [0, 0.1) is 11.3 Å². The largest absolute Gasteiger partial charge is 0.493 e. The first kappa shape index (κ1) is 13.6. The minimum Gasteiger partial charge on any atom is -0.493 e. The summed E-state index contributed by atoms with van der Waals surface area (Å²) in [6.07, 6.45) is 1.32. The van der Waals surface area contributed by atoms with Crippen LogP contribution in [0.5, 0.6) is 11.5 Å². The van der Waals surface area contributed by atoms with Crippen LogP contribution in [0.1, 0.15) is 5.56 Å². The highest BCUT2D eigenvalue weighted by Gasteiger charge is 2.12. The lowest BCUT2D eigenvalue weighted by atomic mass is 10.1. The number of hydrogen-bond acceptors (Lipinski definition) is 4. The normalized spacial score (nSPS) is 9.17. The Morgan fingerprint density at radius 1 is 1.44 bits per heavy atom. The van der Waals surface area contributed by atoms with Crippen LogP contribution in [0.4, 0.5) is 5.69 Å². The van der Waals surface area contributed by atoms with Gasteiger partial charge in [0, 0.05) is 11.8 Å². The number of nitrogens with zero attached hydrogens (tertiary/aromatic N) is 1. The van der Waals surface area contributed by atoms with E-state index in [2.05, 4.69) is 11.9 Å². The van der Waals surface area contributed by atoms with Crippen LogP contribution < -0.4 is 14.8 Å². The van der Waals surface area contributed by atoms with Crippen molar-refractivity contribution in [1.29, 1.82) is 5.26 Å². The van der Waals surface area contributed by atoms with Crippen molar-refractivity contribution < 1.29 is 14.3 Å². The highest BCUT2D eigenvalue weighted by atomic mass is 16.5. The number of nitriles is 1. The summed E-state index contributed by atoms with van der Waals surface area (Å²) in [7, 11) is 3.01. The molecule has 1 aromatic rings. The minimum atomic E-state index is -0.346. The number of hydrogen-bond donors (Lipinski definition) is 1. The molecule has 94 valence electrons. The topological polar surface area (TPSA) is 71.3 Å². The number of carbonyl (C=O) groups excluding carboxylic acids is 1. The summed E-state index contributed by atoms with van der Waals surface area (Å²) in [5.74, 6) is 0.652. The molecule has 1 rings (SSSR count). The Labute approximate surface area is 106 Å². The molecular weight excluding hydrogens is 232 g/mol. The highest BCUT2D eigenvalue weighted by molar-refractivity contribution is 5.99. The first-order chi connectivity index (χ1) is 8.65. The van der Waals surface area contributed by atoms with Crippen LogP contribution in [0.25, 0.3) is 0 Å². The quantitative estimate of drug-likeness (QED) is 0.805. The molecule has 0 saturated heterocycles. The van der Waals surface area contributed by atoms with Gasteiger partial charge in [0.2, 0.25) is 5.91 Å². The summed E-state index contributed by atoms with van der Waals surface area (Å²) in [6.45, 7) is 3.38. The number of nitrogens with one attached hydrogen (secondary N) is 1. The SMILES string of the molecule is C=CC(=O)Nc1cc(OC)c(OC)cc1CC#N. The van der Waals surface area contributed by atoms with Gasteiger partial charge in [0.05, 0.1) is 26.7 Å². The van der Waals surface area contributed by atoms with Gasteiger partial charge in [-0.25, -0.2) is 0 Å². The van der Waals surface area contributed by atoms with Crippen LogP contribution in [0.15, 0.2) is 24.8 Å². The minimum absolute atomic E-state index is 0.160. The van der Waals surface area contributed by atoms with E-state index in [0.29, 0.717) is 22.7 Å². The molecule has 0 aliphatic rings. The maximum Gasteiger partial charge on any atom is 0.247 e. The first-order valence-electron chi connectivity index (χ1n) is 5.21. The Morgan fingerprint density at radius 2 is 2.06 bits per heavy atom. The van der Waals surface area contributed by atoms with Gasteiger partial charge in [-0.05, 0) is 17.7 Å². The number of amides is 1. The van der Waals surface area contributed by atoms with Gasteiger partial charge in [-0.15, -0.1) is 0 Å². The molecule has 0 aliphatic heterocycles. The van der Waals surface area contributed by atoms with Crippen molar-refractivity contribution in [3.8, 4) is 17.6 Å². The van der Waals surface area contributed by atoms with Crippen molar-refractivity contribution in [2.45, 2.75) is 6.42 Å². The Hall–Kier alpha value is -2.48. The molecule has 0 radical (unpaired) electrons. The van der Waals surface area contributed by atoms with E-state index < -0.39 is 0 Å². The van der Waals surface area contributed by atoms with E-state index in [-0.39, 0.29) is 12.3 Å². The predicted molar refractivity (Wildman–Crippen MR) is 67.7 cm³/mol. The van der Waals surface area contributed by atoms with E-state index in [1.54, 1.807) is 12.1 Å². The Balaban J connectivity index is 3.24.